The highest BCUT2D eigenvalue weighted by atomic mass is 16.5. The van der Waals surface area contributed by atoms with Crippen molar-refractivity contribution < 1.29 is 19.1 Å². The Morgan fingerprint density at radius 1 is 1.06 bits per heavy atom. The number of nitrogens with zero attached hydrogens (tertiary/aromatic N) is 2. The van der Waals surface area contributed by atoms with Gasteiger partial charge in [0.05, 0.1) is 12.7 Å². The van der Waals surface area contributed by atoms with E-state index in [1.54, 1.807) is 54.7 Å². The summed E-state index contributed by atoms with van der Waals surface area (Å²) in [5.41, 5.74) is 7.10. The molecule has 1 aliphatic heterocycles. The number of ether oxygens (including phenoxy) is 2. The normalized spacial score (nSPS) is 15.7. The molecule has 0 radical (unpaired) electrons. The first-order valence-corrected chi connectivity index (χ1v) is 10.8. The van der Waals surface area contributed by atoms with Crippen molar-refractivity contribution in [3.8, 4) is 11.5 Å². The van der Waals surface area contributed by atoms with E-state index in [4.69, 9.17) is 15.2 Å². The van der Waals surface area contributed by atoms with Crippen LogP contribution in [0, 0.1) is 0 Å². The van der Waals surface area contributed by atoms with Gasteiger partial charge in [0.15, 0.2) is 0 Å². The van der Waals surface area contributed by atoms with Crippen LogP contribution in [0.4, 0.5) is 5.82 Å². The Labute approximate surface area is 192 Å². The summed E-state index contributed by atoms with van der Waals surface area (Å²) in [7, 11) is 0. The summed E-state index contributed by atoms with van der Waals surface area (Å²) in [4.78, 5) is 30.4. The third-order valence-electron chi connectivity index (χ3n) is 5.32. The SMILES string of the molecule is CC1CN(c2ccc(CNC(=O)c3ccc(Oc4ccc(C(N)=O)cc4)cc3)cn2)CCO1. The molecule has 170 valence electrons. The van der Waals surface area contributed by atoms with Crippen LogP contribution in [0.1, 0.15) is 33.2 Å². The summed E-state index contributed by atoms with van der Waals surface area (Å²) in [5.74, 6) is 1.39. The quantitative estimate of drug-likeness (QED) is 0.578. The Morgan fingerprint density at radius 3 is 2.30 bits per heavy atom. The van der Waals surface area contributed by atoms with Gasteiger partial charge in [-0.25, -0.2) is 4.98 Å². The summed E-state index contributed by atoms with van der Waals surface area (Å²) in [6.45, 7) is 4.78. The number of nitrogens with one attached hydrogen (secondary N) is 1. The number of aromatic nitrogens is 1. The molecule has 33 heavy (non-hydrogen) atoms. The van der Waals surface area contributed by atoms with Gasteiger partial charge >= 0.3 is 0 Å². The molecule has 1 aliphatic rings. The zero-order valence-corrected chi connectivity index (χ0v) is 18.4. The molecule has 1 unspecified atom stereocenters. The van der Waals surface area contributed by atoms with Crippen LogP contribution in [0.2, 0.25) is 0 Å². The van der Waals surface area contributed by atoms with Gasteiger partial charge in [-0.2, -0.15) is 0 Å². The molecule has 1 atom stereocenters. The molecule has 8 heteroatoms. The lowest BCUT2D eigenvalue weighted by atomic mass is 10.2. The summed E-state index contributed by atoms with van der Waals surface area (Å²) >= 11 is 0. The van der Waals surface area contributed by atoms with E-state index < -0.39 is 5.91 Å². The number of rotatable bonds is 7. The van der Waals surface area contributed by atoms with Crippen molar-refractivity contribution in [2.75, 3.05) is 24.6 Å². The second-order valence-electron chi connectivity index (χ2n) is 7.85. The molecule has 3 aromatic rings. The molecule has 4 rings (SSSR count). The van der Waals surface area contributed by atoms with Crippen LogP contribution in [0.25, 0.3) is 0 Å². The minimum atomic E-state index is -0.490. The summed E-state index contributed by atoms with van der Waals surface area (Å²) in [6, 6.07) is 17.3. The van der Waals surface area contributed by atoms with Gasteiger partial charge < -0.3 is 25.4 Å². The van der Waals surface area contributed by atoms with E-state index in [1.807, 2.05) is 12.1 Å². The molecular formula is C25H26N4O4. The Hall–Kier alpha value is -3.91. The minimum Gasteiger partial charge on any atom is -0.457 e. The lowest BCUT2D eigenvalue weighted by Gasteiger charge is -2.32. The second-order valence-corrected chi connectivity index (χ2v) is 7.85. The molecule has 2 heterocycles. The van der Waals surface area contributed by atoms with E-state index in [-0.39, 0.29) is 12.0 Å². The number of morpholine rings is 1. The number of hydrogen-bond donors (Lipinski definition) is 2. The molecule has 0 saturated carbocycles. The highest BCUT2D eigenvalue weighted by Gasteiger charge is 2.17. The maximum Gasteiger partial charge on any atom is 0.251 e. The van der Waals surface area contributed by atoms with Crippen molar-refractivity contribution in [1.29, 1.82) is 0 Å². The molecule has 1 aromatic heterocycles. The van der Waals surface area contributed by atoms with Crippen LogP contribution < -0.4 is 20.7 Å². The van der Waals surface area contributed by atoms with Gasteiger partial charge in [-0.15, -0.1) is 0 Å². The highest BCUT2D eigenvalue weighted by Crippen LogP contribution is 2.22. The Morgan fingerprint density at radius 2 is 1.73 bits per heavy atom. The summed E-state index contributed by atoms with van der Waals surface area (Å²) < 4.78 is 11.3. The van der Waals surface area contributed by atoms with Crippen molar-refractivity contribution in [3.05, 3.63) is 83.6 Å². The third-order valence-corrected chi connectivity index (χ3v) is 5.32. The number of hydrogen-bond acceptors (Lipinski definition) is 6. The fourth-order valence-electron chi connectivity index (χ4n) is 3.52. The van der Waals surface area contributed by atoms with E-state index in [1.165, 1.54) is 0 Å². The van der Waals surface area contributed by atoms with Crippen LogP contribution in [0.15, 0.2) is 66.9 Å². The van der Waals surface area contributed by atoms with Crippen molar-refractivity contribution in [3.63, 3.8) is 0 Å². The number of carbonyl (C=O) groups is 2. The van der Waals surface area contributed by atoms with Gasteiger partial charge in [-0.3, -0.25) is 9.59 Å². The number of nitrogens with two attached hydrogens (primary N) is 1. The Bertz CT molecular complexity index is 1100. The number of primary amides is 1. The minimum absolute atomic E-state index is 0.182. The first kappa shape index (κ1) is 22.3. The molecule has 2 amide bonds. The van der Waals surface area contributed by atoms with Gasteiger partial charge in [0.25, 0.3) is 5.91 Å². The first-order chi connectivity index (χ1) is 16.0. The molecule has 1 fully saturated rings. The highest BCUT2D eigenvalue weighted by molar-refractivity contribution is 5.94. The lowest BCUT2D eigenvalue weighted by molar-refractivity contribution is 0.0529. The van der Waals surface area contributed by atoms with Crippen molar-refractivity contribution >= 4 is 17.6 Å². The zero-order chi connectivity index (χ0) is 23.2. The molecule has 0 spiro atoms. The number of anilines is 1. The topological polar surface area (TPSA) is 107 Å². The number of carbonyl (C=O) groups excluding carboxylic acids is 2. The van der Waals surface area contributed by atoms with E-state index in [2.05, 4.69) is 22.1 Å². The molecule has 0 aliphatic carbocycles. The van der Waals surface area contributed by atoms with Gasteiger partial charge in [-0.05, 0) is 67.1 Å². The fourth-order valence-corrected chi connectivity index (χ4v) is 3.52. The average Bonchev–Trinajstić information content (AvgIpc) is 2.84. The van der Waals surface area contributed by atoms with Gasteiger partial charge in [0.1, 0.15) is 17.3 Å². The maximum absolute atomic E-state index is 12.5. The number of pyridine rings is 1. The van der Waals surface area contributed by atoms with Crippen LogP contribution in [0.5, 0.6) is 11.5 Å². The van der Waals surface area contributed by atoms with Crippen LogP contribution in [-0.2, 0) is 11.3 Å². The van der Waals surface area contributed by atoms with Crippen molar-refractivity contribution in [1.82, 2.24) is 10.3 Å². The largest absolute Gasteiger partial charge is 0.457 e. The molecule has 8 nitrogen and oxygen atoms in total. The standard InChI is InChI=1S/C25H26N4O4/c1-17-16-29(12-13-32-17)23-11-2-18(14-27-23)15-28-25(31)20-5-9-22(10-6-20)33-21-7-3-19(4-8-21)24(26)30/h2-11,14,17H,12-13,15-16H2,1H3,(H2,26,30)(H,28,31). The molecule has 2 aromatic carbocycles. The predicted octanol–water partition coefficient (Wildman–Crippen LogP) is 3.13. The first-order valence-electron chi connectivity index (χ1n) is 10.8. The molecule has 0 bridgehead atoms. The van der Waals surface area contributed by atoms with Crippen molar-refractivity contribution in [2.45, 2.75) is 19.6 Å². The lowest BCUT2D eigenvalue weighted by Crippen LogP contribution is -2.41. The zero-order valence-electron chi connectivity index (χ0n) is 18.4. The van der Waals surface area contributed by atoms with Crippen LogP contribution in [0.3, 0.4) is 0 Å². The fraction of sp³-hybridized carbons (Fsp3) is 0.240. The van der Waals surface area contributed by atoms with E-state index in [0.717, 1.165) is 24.5 Å². The van der Waals surface area contributed by atoms with Gasteiger partial charge in [-0.1, -0.05) is 6.07 Å². The molecule has 1 saturated heterocycles. The summed E-state index contributed by atoms with van der Waals surface area (Å²) in [6.07, 6.45) is 1.98. The third kappa shape index (κ3) is 5.87. The molecular weight excluding hydrogens is 420 g/mol. The summed E-state index contributed by atoms with van der Waals surface area (Å²) in [5, 5.41) is 2.91. The number of amides is 2. The Kier molecular flexibility index (Phi) is 6.85. The maximum atomic E-state index is 12.5. The second kappa shape index (κ2) is 10.1. The van der Waals surface area contributed by atoms with E-state index in [0.29, 0.717) is 35.8 Å². The Balaban J connectivity index is 1.29. The predicted molar refractivity (Wildman–Crippen MR) is 125 cm³/mol. The van der Waals surface area contributed by atoms with Crippen LogP contribution >= 0.6 is 0 Å². The van der Waals surface area contributed by atoms with Crippen LogP contribution in [-0.4, -0.2) is 42.6 Å². The average molecular weight is 447 g/mol. The molecule has 3 N–H and O–H groups in total. The van der Waals surface area contributed by atoms with E-state index in [9.17, 15) is 9.59 Å². The van der Waals surface area contributed by atoms with Gasteiger partial charge in [0, 0.05) is 37.0 Å². The number of benzene rings is 2. The smallest absolute Gasteiger partial charge is 0.251 e. The van der Waals surface area contributed by atoms with E-state index >= 15 is 0 Å². The monoisotopic (exact) mass is 446 g/mol. The van der Waals surface area contributed by atoms with Crippen molar-refractivity contribution in [2.24, 2.45) is 5.73 Å². The van der Waals surface area contributed by atoms with Gasteiger partial charge in [0.2, 0.25) is 5.91 Å².